The van der Waals surface area contributed by atoms with Gasteiger partial charge in [-0.25, -0.2) is 0 Å². The molecule has 1 aromatic heterocycles. The van der Waals surface area contributed by atoms with Crippen LogP contribution in [0.15, 0.2) is 41.0 Å². The number of carbonyl (C=O) groups is 2. The minimum absolute atomic E-state index is 0.0409. The summed E-state index contributed by atoms with van der Waals surface area (Å²) in [7, 11) is 1.55. The van der Waals surface area contributed by atoms with Gasteiger partial charge in [-0.3, -0.25) is 9.59 Å². The standard InChI is InChI=1S/C26H35ClN2O5/c1-17(2)34-22-12-9-19(14-23(22)32-4)25(26(31)28-20-10-7-18(3)8-11-20)29(24(30)15-27)16-21-6-5-13-33-21/h5-6,9,12-14,17-18,20,25H,7-8,10-11,15-16H2,1-4H3,(H,28,31)/t18?,20?,25-/m0/s1. The van der Waals surface area contributed by atoms with E-state index in [1.807, 2.05) is 13.8 Å². The third-order valence-corrected chi connectivity index (χ3v) is 6.36. The summed E-state index contributed by atoms with van der Waals surface area (Å²) in [5.74, 6) is 1.43. The van der Waals surface area contributed by atoms with Gasteiger partial charge in [-0.15, -0.1) is 11.6 Å². The van der Waals surface area contributed by atoms with Crippen LogP contribution in [0.5, 0.6) is 11.5 Å². The summed E-state index contributed by atoms with van der Waals surface area (Å²) >= 11 is 5.97. The van der Waals surface area contributed by atoms with E-state index in [0.717, 1.165) is 25.7 Å². The number of halogens is 1. The Kier molecular flexibility index (Phi) is 9.28. The first-order valence-electron chi connectivity index (χ1n) is 11.8. The molecule has 0 spiro atoms. The summed E-state index contributed by atoms with van der Waals surface area (Å²) in [4.78, 5) is 28.1. The average Bonchev–Trinajstić information content (AvgIpc) is 3.33. The Morgan fingerprint density at radius 3 is 2.50 bits per heavy atom. The molecule has 0 aliphatic heterocycles. The fourth-order valence-corrected chi connectivity index (χ4v) is 4.49. The molecule has 0 bridgehead atoms. The minimum Gasteiger partial charge on any atom is -0.493 e. The van der Waals surface area contributed by atoms with Crippen LogP contribution < -0.4 is 14.8 Å². The van der Waals surface area contributed by atoms with Crippen LogP contribution in [0, 0.1) is 5.92 Å². The van der Waals surface area contributed by atoms with Crippen LogP contribution >= 0.6 is 11.6 Å². The summed E-state index contributed by atoms with van der Waals surface area (Å²) in [6.07, 6.45) is 5.49. The van der Waals surface area contributed by atoms with Crippen molar-refractivity contribution >= 4 is 23.4 Å². The molecule has 0 saturated heterocycles. The van der Waals surface area contributed by atoms with Gasteiger partial charge in [-0.2, -0.15) is 0 Å². The Bertz CT molecular complexity index is 939. The highest BCUT2D eigenvalue weighted by atomic mass is 35.5. The monoisotopic (exact) mass is 490 g/mol. The molecule has 1 aromatic carbocycles. The summed E-state index contributed by atoms with van der Waals surface area (Å²) in [6.45, 7) is 6.21. The van der Waals surface area contributed by atoms with E-state index in [1.54, 1.807) is 37.4 Å². The maximum Gasteiger partial charge on any atom is 0.247 e. The van der Waals surface area contributed by atoms with Crippen LogP contribution in [-0.4, -0.2) is 41.8 Å². The quantitative estimate of drug-likeness (QED) is 0.470. The number of methoxy groups -OCH3 is 1. The van der Waals surface area contributed by atoms with E-state index < -0.39 is 6.04 Å². The molecule has 7 nitrogen and oxygen atoms in total. The zero-order valence-electron chi connectivity index (χ0n) is 20.4. The summed E-state index contributed by atoms with van der Waals surface area (Å²) < 4.78 is 16.9. The zero-order valence-corrected chi connectivity index (χ0v) is 21.1. The predicted octanol–water partition coefficient (Wildman–Crippen LogP) is 5.08. The number of rotatable bonds is 10. The van der Waals surface area contributed by atoms with Crippen LogP contribution in [0.25, 0.3) is 0 Å². The van der Waals surface area contributed by atoms with E-state index in [1.165, 1.54) is 11.2 Å². The van der Waals surface area contributed by atoms with Crippen molar-refractivity contribution in [1.82, 2.24) is 10.2 Å². The molecule has 0 radical (unpaired) electrons. The number of ether oxygens (including phenoxy) is 2. The maximum absolute atomic E-state index is 13.7. The van der Waals surface area contributed by atoms with E-state index >= 15 is 0 Å². The molecule has 3 rings (SSSR count). The first-order valence-corrected chi connectivity index (χ1v) is 12.4. The molecule has 8 heteroatoms. The largest absolute Gasteiger partial charge is 0.493 e. The van der Waals surface area contributed by atoms with Crippen LogP contribution in [0.4, 0.5) is 0 Å². The fourth-order valence-electron chi connectivity index (χ4n) is 4.33. The highest BCUT2D eigenvalue weighted by Crippen LogP contribution is 2.34. The Hall–Kier alpha value is -2.67. The molecule has 2 aromatic rings. The molecule has 186 valence electrons. The molecule has 1 saturated carbocycles. The fraction of sp³-hybridized carbons (Fsp3) is 0.538. The number of benzene rings is 1. The zero-order chi connectivity index (χ0) is 24.7. The van der Waals surface area contributed by atoms with Crippen molar-refractivity contribution in [3.05, 3.63) is 47.9 Å². The van der Waals surface area contributed by atoms with E-state index in [-0.39, 0.29) is 36.4 Å². The Morgan fingerprint density at radius 1 is 1.18 bits per heavy atom. The second-order valence-electron chi connectivity index (χ2n) is 9.18. The van der Waals surface area contributed by atoms with E-state index in [0.29, 0.717) is 28.7 Å². The van der Waals surface area contributed by atoms with E-state index in [2.05, 4.69) is 12.2 Å². The van der Waals surface area contributed by atoms with Crippen molar-refractivity contribution in [3.63, 3.8) is 0 Å². The number of hydrogen-bond donors (Lipinski definition) is 1. The molecule has 34 heavy (non-hydrogen) atoms. The summed E-state index contributed by atoms with van der Waals surface area (Å²) in [6, 6.07) is 8.01. The third kappa shape index (κ3) is 6.69. The van der Waals surface area contributed by atoms with Gasteiger partial charge in [0, 0.05) is 6.04 Å². The number of carbonyl (C=O) groups excluding carboxylic acids is 2. The second-order valence-corrected chi connectivity index (χ2v) is 9.45. The third-order valence-electron chi connectivity index (χ3n) is 6.13. The number of amides is 2. The van der Waals surface area contributed by atoms with Gasteiger partial charge < -0.3 is 24.1 Å². The van der Waals surface area contributed by atoms with Crippen molar-refractivity contribution in [3.8, 4) is 11.5 Å². The van der Waals surface area contributed by atoms with E-state index in [4.69, 9.17) is 25.5 Å². The van der Waals surface area contributed by atoms with Gasteiger partial charge in [0.1, 0.15) is 17.7 Å². The predicted molar refractivity (Wildman–Crippen MR) is 131 cm³/mol. The highest BCUT2D eigenvalue weighted by molar-refractivity contribution is 6.27. The van der Waals surface area contributed by atoms with Crippen LogP contribution in [0.2, 0.25) is 0 Å². The lowest BCUT2D eigenvalue weighted by atomic mass is 9.87. The normalized spacial score (nSPS) is 18.9. The van der Waals surface area contributed by atoms with Gasteiger partial charge >= 0.3 is 0 Å². The van der Waals surface area contributed by atoms with Gasteiger partial charge in [0.15, 0.2) is 11.5 Å². The van der Waals surface area contributed by atoms with Gasteiger partial charge in [0.25, 0.3) is 0 Å². The molecule has 1 fully saturated rings. The molecule has 1 aliphatic carbocycles. The molecular formula is C26H35ClN2O5. The lowest BCUT2D eigenvalue weighted by Crippen LogP contribution is -2.47. The Morgan fingerprint density at radius 2 is 1.91 bits per heavy atom. The van der Waals surface area contributed by atoms with Gasteiger partial charge in [-0.05, 0) is 75.3 Å². The van der Waals surface area contributed by atoms with Crippen molar-refractivity contribution in [2.24, 2.45) is 5.92 Å². The van der Waals surface area contributed by atoms with Crippen molar-refractivity contribution in [1.29, 1.82) is 0 Å². The number of alkyl halides is 1. The summed E-state index contributed by atoms with van der Waals surface area (Å²) in [5, 5.41) is 3.18. The van der Waals surface area contributed by atoms with Gasteiger partial charge in [0.2, 0.25) is 11.8 Å². The SMILES string of the molecule is COc1cc([C@@H](C(=O)NC2CCC(C)CC2)N(Cc2ccco2)C(=O)CCl)ccc1OC(C)C. The Labute approximate surface area is 206 Å². The van der Waals surface area contributed by atoms with Crippen molar-refractivity contribution in [2.75, 3.05) is 13.0 Å². The van der Waals surface area contributed by atoms with Crippen molar-refractivity contribution < 1.29 is 23.5 Å². The molecular weight excluding hydrogens is 456 g/mol. The number of hydrogen-bond acceptors (Lipinski definition) is 5. The minimum atomic E-state index is -0.905. The lowest BCUT2D eigenvalue weighted by molar-refractivity contribution is -0.140. The van der Waals surface area contributed by atoms with Gasteiger partial charge in [0.05, 0.1) is 26.0 Å². The molecule has 1 aliphatic rings. The molecule has 1 heterocycles. The molecule has 2 amide bonds. The van der Waals surface area contributed by atoms with Gasteiger partial charge in [-0.1, -0.05) is 13.0 Å². The van der Waals surface area contributed by atoms with Crippen molar-refractivity contribution in [2.45, 2.75) is 71.2 Å². The second kappa shape index (κ2) is 12.2. The first-order chi connectivity index (χ1) is 16.3. The Balaban J connectivity index is 1.97. The summed E-state index contributed by atoms with van der Waals surface area (Å²) in [5.41, 5.74) is 0.611. The number of nitrogens with one attached hydrogen (secondary N) is 1. The molecule has 1 atom stereocenters. The van der Waals surface area contributed by atoms with Crippen LogP contribution in [0.1, 0.15) is 63.8 Å². The molecule has 1 N–H and O–H groups in total. The lowest BCUT2D eigenvalue weighted by Gasteiger charge is -2.33. The number of furan rings is 1. The highest BCUT2D eigenvalue weighted by Gasteiger charge is 2.34. The number of nitrogens with zero attached hydrogens (tertiary/aromatic N) is 1. The van der Waals surface area contributed by atoms with Crippen LogP contribution in [0.3, 0.4) is 0 Å². The molecule has 0 unspecified atom stereocenters. The topological polar surface area (TPSA) is 81.0 Å². The first kappa shape index (κ1) is 25.9. The average molecular weight is 491 g/mol. The maximum atomic E-state index is 13.7. The van der Waals surface area contributed by atoms with Crippen LogP contribution in [-0.2, 0) is 16.1 Å². The van der Waals surface area contributed by atoms with E-state index in [9.17, 15) is 9.59 Å². The smallest absolute Gasteiger partial charge is 0.247 e.